The molecule has 1 aromatic heterocycles. The summed E-state index contributed by atoms with van der Waals surface area (Å²) in [6, 6.07) is 6.48. The first-order valence-electron chi connectivity index (χ1n) is 5.78. The van der Waals surface area contributed by atoms with Gasteiger partial charge in [0, 0.05) is 11.9 Å². The molecule has 19 heavy (non-hydrogen) atoms. The van der Waals surface area contributed by atoms with Gasteiger partial charge in [-0.2, -0.15) is 0 Å². The van der Waals surface area contributed by atoms with Crippen molar-refractivity contribution in [3.63, 3.8) is 0 Å². The molecule has 0 unspecified atom stereocenters. The van der Waals surface area contributed by atoms with E-state index in [9.17, 15) is 9.59 Å². The summed E-state index contributed by atoms with van der Waals surface area (Å²) in [6.07, 6.45) is 3.13. The molecule has 0 fully saturated rings. The minimum atomic E-state index is -0.358. The summed E-state index contributed by atoms with van der Waals surface area (Å²) in [7, 11) is 0. The number of carbonyl (C=O) groups excluding carboxylic acids is 2. The number of anilines is 2. The van der Waals surface area contributed by atoms with Crippen LogP contribution in [0.2, 0.25) is 0 Å². The largest absolute Gasteiger partial charge is 0.399 e. The van der Waals surface area contributed by atoms with E-state index in [0.717, 1.165) is 10.5 Å². The van der Waals surface area contributed by atoms with Gasteiger partial charge in [0.2, 0.25) is 0 Å². The number of amides is 2. The Bertz CT molecular complexity index is 710. The molecular formula is C14H11N3O2. The molecule has 0 spiro atoms. The van der Waals surface area contributed by atoms with Gasteiger partial charge in [-0.15, -0.1) is 0 Å². The highest BCUT2D eigenvalue weighted by Crippen LogP contribution is 2.30. The van der Waals surface area contributed by atoms with Gasteiger partial charge in [-0.05, 0) is 36.8 Å². The summed E-state index contributed by atoms with van der Waals surface area (Å²) < 4.78 is 0. The lowest BCUT2D eigenvalue weighted by Gasteiger charge is -2.15. The van der Waals surface area contributed by atoms with Crippen LogP contribution in [0.1, 0.15) is 26.3 Å². The van der Waals surface area contributed by atoms with Gasteiger partial charge < -0.3 is 5.73 Å². The van der Waals surface area contributed by atoms with Gasteiger partial charge in [0.15, 0.2) is 0 Å². The van der Waals surface area contributed by atoms with E-state index in [1.807, 2.05) is 6.92 Å². The molecule has 5 nitrogen and oxygen atoms in total. The van der Waals surface area contributed by atoms with Crippen molar-refractivity contribution in [2.45, 2.75) is 6.92 Å². The Balaban J connectivity index is 2.16. The number of carbonyl (C=O) groups is 2. The van der Waals surface area contributed by atoms with Crippen LogP contribution in [0, 0.1) is 6.92 Å². The zero-order valence-electron chi connectivity index (χ0n) is 10.3. The number of nitrogen functional groups attached to an aromatic ring is 1. The highest BCUT2D eigenvalue weighted by Gasteiger charge is 2.37. The monoisotopic (exact) mass is 253 g/mol. The number of hydrogen-bond acceptors (Lipinski definition) is 4. The fourth-order valence-electron chi connectivity index (χ4n) is 2.17. The maximum Gasteiger partial charge on any atom is 0.266 e. The van der Waals surface area contributed by atoms with Crippen LogP contribution in [0.3, 0.4) is 0 Å². The first-order chi connectivity index (χ1) is 9.09. The van der Waals surface area contributed by atoms with Crippen molar-refractivity contribution in [3.05, 3.63) is 53.3 Å². The van der Waals surface area contributed by atoms with E-state index in [0.29, 0.717) is 22.5 Å². The van der Waals surface area contributed by atoms with E-state index in [1.54, 1.807) is 24.4 Å². The second kappa shape index (κ2) is 3.91. The lowest BCUT2D eigenvalue weighted by atomic mass is 10.1. The molecule has 1 aliphatic heterocycles. The molecule has 1 aromatic carbocycles. The van der Waals surface area contributed by atoms with Gasteiger partial charge in [-0.3, -0.25) is 14.6 Å². The van der Waals surface area contributed by atoms with Crippen LogP contribution in [0.25, 0.3) is 0 Å². The minimum absolute atomic E-state index is 0.337. The first-order valence-corrected chi connectivity index (χ1v) is 5.78. The summed E-state index contributed by atoms with van der Waals surface area (Å²) in [5.41, 5.74) is 8.16. The standard InChI is InChI=1S/C14H11N3O2/c1-8-4-5-16-7-12(8)17-13(18)10-3-2-9(15)6-11(10)14(17)19/h2-7H,15H2,1H3. The molecule has 0 atom stereocenters. The first kappa shape index (κ1) is 11.4. The van der Waals surface area contributed by atoms with Crippen LogP contribution in [-0.2, 0) is 0 Å². The summed E-state index contributed by atoms with van der Waals surface area (Å²) in [5.74, 6) is -0.695. The van der Waals surface area contributed by atoms with Crippen molar-refractivity contribution in [2.24, 2.45) is 0 Å². The number of aryl methyl sites for hydroxylation is 1. The molecule has 0 saturated heterocycles. The van der Waals surface area contributed by atoms with E-state index in [-0.39, 0.29) is 11.8 Å². The van der Waals surface area contributed by atoms with Crippen LogP contribution in [0.15, 0.2) is 36.7 Å². The third kappa shape index (κ3) is 1.59. The predicted molar refractivity (Wildman–Crippen MR) is 71.0 cm³/mol. The molecule has 2 aromatic rings. The third-order valence-electron chi connectivity index (χ3n) is 3.16. The zero-order valence-corrected chi connectivity index (χ0v) is 10.3. The van der Waals surface area contributed by atoms with Crippen molar-refractivity contribution in [1.82, 2.24) is 4.98 Å². The molecule has 2 amide bonds. The average molecular weight is 253 g/mol. The number of imide groups is 1. The maximum absolute atomic E-state index is 12.3. The van der Waals surface area contributed by atoms with Crippen LogP contribution < -0.4 is 10.6 Å². The minimum Gasteiger partial charge on any atom is -0.399 e. The number of nitrogens with two attached hydrogens (primary N) is 1. The quantitative estimate of drug-likeness (QED) is 0.620. The van der Waals surface area contributed by atoms with Crippen molar-refractivity contribution >= 4 is 23.2 Å². The Morgan fingerprint density at radius 3 is 2.58 bits per heavy atom. The summed E-state index contributed by atoms with van der Waals surface area (Å²) >= 11 is 0. The molecule has 3 rings (SSSR count). The fourth-order valence-corrected chi connectivity index (χ4v) is 2.17. The number of aromatic nitrogens is 1. The molecule has 5 heteroatoms. The summed E-state index contributed by atoms with van der Waals surface area (Å²) in [5, 5.41) is 0. The third-order valence-corrected chi connectivity index (χ3v) is 3.16. The smallest absolute Gasteiger partial charge is 0.266 e. The second-order valence-electron chi connectivity index (χ2n) is 4.41. The molecule has 94 valence electrons. The lowest BCUT2D eigenvalue weighted by Crippen LogP contribution is -2.30. The Morgan fingerprint density at radius 2 is 1.84 bits per heavy atom. The van der Waals surface area contributed by atoms with Crippen LogP contribution in [0.4, 0.5) is 11.4 Å². The van der Waals surface area contributed by atoms with Crippen LogP contribution in [-0.4, -0.2) is 16.8 Å². The van der Waals surface area contributed by atoms with Gasteiger partial charge in [-0.1, -0.05) is 0 Å². The molecule has 0 radical (unpaired) electrons. The van der Waals surface area contributed by atoms with Gasteiger partial charge in [-0.25, -0.2) is 4.90 Å². The highest BCUT2D eigenvalue weighted by atomic mass is 16.2. The van der Waals surface area contributed by atoms with E-state index in [2.05, 4.69) is 4.98 Å². The second-order valence-corrected chi connectivity index (χ2v) is 4.41. The van der Waals surface area contributed by atoms with Gasteiger partial charge in [0.25, 0.3) is 11.8 Å². The van der Waals surface area contributed by atoms with Gasteiger partial charge in [0.05, 0.1) is 23.0 Å². The summed E-state index contributed by atoms with van der Waals surface area (Å²) in [6.45, 7) is 1.83. The number of rotatable bonds is 1. The van der Waals surface area contributed by atoms with Gasteiger partial charge in [0.1, 0.15) is 0 Å². The highest BCUT2D eigenvalue weighted by molar-refractivity contribution is 6.34. The SMILES string of the molecule is Cc1ccncc1N1C(=O)c2ccc(N)cc2C1=O. The molecular weight excluding hydrogens is 242 g/mol. The number of benzene rings is 1. The lowest BCUT2D eigenvalue weighted by molar-refractivity contribution is 0.0926. The van der Waals surface area contributed by atoms with Crippen molar-refractivity contribution in [2.75, 3.05) is 10.6 Å². The molecule has 1 aliphatic rings. The molecule has 2 N–H and O–H groups in total. The molecule has 2 heterocycles. The Morgan fingerprint density at radius 1 is 1.11 bits per heavy atom. The maximum atomic E-state index is 12.3. The van der Waals surface area contributed by atoms with Crippen LogP contribution in [0.5, 0.6) is 0 Å². The number of fused-ring (bicyclic) bond motifs is 1. The van der Waals surface area contributed by atoms with Crippen molar-refractivity contribution in [1.29, 1.82) is 0 Å². The number of nitrogens with zero attached hydrogens (tertiary/aromatic N) is 2. The van der Waals surface area contributed by atoms with E-state index in [4.69, 9.17) is 5.73 Å². The predicted octanol–water partition coefficient (Wildman–Crippen LogP) is 1.77. The topological polar surface area (TPSA) is 76.3 Å². The Kier molecular flexibility index (Phi) is 2.35. The summed E-state index contributed by atoms with van der Waals surface area (Å²) in [4.78, 5) is 29.8. The van der Waals surface area contributed by atoms with Crippen molar-refractivity contribution in [3.8, 4) is 0 Å². The number of pyridine rings is 1. The molecule has 0 aliphatic carbocycles. The van der Waals surface area contributed by atoms with Crippen molar-refractivity contribution < 1.29 is 9.59 Å². The molecule has 0 bridgehead atoms. The Labute approximate surface area is 109 Å². The molecule has 0 saturated carbocycles. The normalized spacial score (nSPS) is 13.8. The zero-order chi connectivity index (χ0) is 13.6. The van der Waals surface area contributed by atoms with Gasteiger partial charge >= 0.3 is 0 Å². The fraction of sp³-hybridized carbons (Fsp3) is 0.0714. The van der Waals surface area contributed by atoms with E-state index in [1.165, 1.54) is 12.3 Å². The van der Waals surface area contributed by atoms with Crippen LogP contribution >= 0.6 is 0 Å². The van der Waals surface area contributed by atoms with E-state index < -0.39 is 0 Å². The number of hydrogen-bond donors (Lipinski definition) is 1. The van der Waals surface area contributed by atoms with E-state index >= 15 is 0 Å². The Hall–Kier alpha value is -2.69. The average Bonchev–Trinajstić information content (AvgIpc) is 2.63.